The van der Waals surface area contributed by atoms with Crippen LogP contribution in [0.25, 0.3) is 0 Å². The molecule has 0 bridgehead atoms. The Morgan fingerprint density at radius 3 is 2.37 bits per heavy atom. The number of aliphatic hydroxyl groups excluding tert-OH is 3. The number of hydrogen-bond acceptors (Lipinski definition) is 4. The molecule has 0 heterocycles. The highest BCUT2D eigenvalue weighted by molar-refractivity contribution is 5.33. The highest BCUT2D eigenvalue weighted by atomic mass is 16.5. The average Bonchev–Trinajstić information content (AvgIpc) is 3.07. The van der Waals surface area contributed by atoms with Gasteiger partial charge >= 0.3 is 0 Å². The molecule has 0 spiro atoms. The summed E-state index contributed by atoms with van der Waals surface area (Å²) in [5, 5.41) is 32.9. The van der Waals surface area contributed by atoms with Gasteiger partial charge in [-0.2, -0.15) is 0 Å². The molecular formula is C31H52O4. The smallest absolute Gasteiger partial charge is 0.0802 e. The van der Waals surface area contributed by atoms with Gasteiger partial charge in [0.2, 0.25) is 0 Å². The zero-order chi connectivity index (χ0) is 26.0. The van der Waals surface area contributed by atoms with E-state index in [2.05, 4.69) is 59.8 Å². The molecule has 0 aromatic carbocycles. The molecule has 10 unspecified atom stereocenters. The van der Waals surface area contributed by atoms with Crippen LogP contribution < -0.4 is 0 Å². The van der Waals surface area contributed by atoms with Crippen molar-refractivity contribution < 1.29 is 20.1 Å². The standard InChI is InChI=1S/C31H52O4/c1-20(10-9-14-27(2,3)35-8)21-13-15-31(7)26-24(33)18-23-22(11-12-25(34)29(23,5)19-32)28(26,4)16-17-30(21,31)6/h9,14,18,20-22,24-26,32-34H,10-13,15-17,19H2,1-8H3. The SMILES string of the molecule is COC(C)(C)C=CCC(C)C1CCC2(C)C3C(O)C=C4C(CCC(O)C4(C)CO)C3(C)CCC12C. The molecule has 4 heteroatoms. The van der Waals surface area contributed by atoms with Crippen LogP contribution in [0.3, 0.4) is 0 Å². The molecule has 35 heavy (non-hydrogen) atoms. The van der Waals surface area contributed by atoms with E-state index >= 15 is 0 Å². The van der Waals surface area contributed by atoms with E-state index in [0.717, 1.165) is 31.3 Å². The Kier molecular flexibility index (Phi) is 7.00. The number of fused-ring (bicyclic) bond motifs is 5. The lowest BCUT2D eigenvalue weighted by atomic mass is 9.38. The summed E-state index contributed by atoms with van der Waals surface area (Å²) in [4.78, 5) is 0. The topological polar surface area (TPSA) is 69.9 Å². The van der Waals surface area contributed by atoms with Crippen molar-refractivity contribution in [2.24, 2.45) is 45.3 Å². The van der Waals surface area contributed by atoms with E-state index < -0.39 is 17.6 Å². The van der Waals surface area contributed by atoms with E-state index in [1.165, 1.54) is 19.3 Å². The summed E-state index contributed by atoms with van der Waals surface area (Å²) in [5.41, 5.74) is 0.506. The quantitative estimate of drug-likeness (QED) is 0.407. The minimum atomic E-state index is -0.644. The molecule has 4 aliphatic rings. The Labute approximate surface area is 214 Å². The molecule has 3 fully saturated rings. The summed E-state index contributed by atoms with van der Waals surface area (Å²) in [5.74, 6) is 1.76. The molecule has 200 valence electrons. The molecule has 4 nitrogen and oxygen atoms in total. The molecule has 0 amide bonds. The van der Waals surface area contributed by atoms with Gasteiger partial charge in [0.05, 0.1) is 24.4 Å². The Bertz CT molecular complexity index is 862. The van der Waals surface area contributed by atoms with Gasteiger partial charge in [0.1, 0.15) is 0 Å². The van der Waals surface area contributed by atoms with E-state index in [0.29, 0.717) is 17.8 Å². The van der Waals surface area contributed by atoms with E-state index in [4.69, 9.17) is 4.74 Å². The molecule has 3 N–H and O–H groups in total. The van der Waals surface area contributed by atoms with E-state index in [9.17, 15) is 15.3 Å². The van der Waals surface area contributed by atoms with E-state index in [-0.39, 0.29) is 34.4 Å². The van der Waals surface area contributed by atoms with Crippen LogP contribution in [0.2, 0.25) is 0 Å². The number of ether oxygens (including phenoxy) is 1. The first-order valence-corrected chi connectivity index (χ1v) is 14.1. The first-order valence-electron chi connectivity index (χ1n) is 14.1. The Hall–Kier alpha value is -0.680. The van der Waals surface area contributed by atoms with Crippen molar-refractivity contribution in [1.29, 1.82) is 0 Å². The summed E-state index contributed by atoms with van der Waals surface area (Å²) >= 11 is 0. The molecule has 0 saturated heterocycles. The summed E-state index contributed by atoms with van der Waals surface area (Å²) in [6, 6.07) is 0. The number of methoxy groups -OCH3 is 1. The maximum Gasteiger partial charge on any atom is 0.0802 e. The maximum atomic E-state index is 11.8. The third-order valence-corrected chi connectivity index (χ3v) is 12.2. The van der Waals surface area contributed by atoms with Crippen molar-refractivity contribution in [1.82, 2.24) is 0 Å². The highest BCUT2D eigenvalue weighted by Crippen LogP contribution is 2.74. The minimum Gasteiger partial charge on any atom is -0.395 e. The monoisotopic (exact) mass is 488 g/mol. The zero-order valence-corrected chi connectivity index (χ0v) is 23.6. The Morgan fingerprint density at radius 1 is 1.06 bits per heavy atom. The third-order valence-electron chi connectivity index (χ3n) is 12.2. The van der Waals surface area contributed by atoms with Crippen LogP contribution in [0.15, 0.2) is 23.8 Å². The molecule has 3 saturated carbocycles. The van der Waals surface area contributed by atoms with Gasteiger partial charge in [0, 0.05) is 18.4 Å². The van der Waals surface area contributed by atoms with Crippen LogP contribution in [0.4, 0.5) is 0 Å². The highest BCUT2D eigenvalue weighted by Gasteiger charge is 2.69. The lowest BCUT2D eigenvalue weighted by Crippen LogP contribution is -2.63. The summed E-state index contributed by atoms with van der Waals surface area (Å²) in [6.07, 6.45) is 12.9. The summed E-state index contributed by atoms with van der Waals surface area (Å²) in [7, 11) is 1.77. The minimum absolute atomic E-state index is 0.00511. The van der Waals surface area contributed by atoms with Crippen molar-refractivity contribution in [3.63, 3.8) is 0 Å². The predicted octanol–water partition coefficient (Wildman–Crippen LogP) is 5.90. The van der Waals surface area contributed by atoms with Crippen LogP contribution in [0.5, 0.6) is 0 Å². The number of rotatable bonds is 6. The van der Waals surface area contributed by atoms with Gasteiger partial charge in [0.15, 0.2) is 0 Å². The molecule has 0 aliphatic heterocycles. The van der Waals surface area contributed by atoms with Gasteiger partial charge in [-0.15, -0.1) is 0 Å². The lowest BCUT2D eigenvalue weighted by molar-refractivity contribution is -0.179. The van der Waals surface area contributed by atoms with Crippen molar-refractivity contribution in [2.45, 2.75) is 111 Å². The lowest BCUT2D eigenvalue weighted by Gasteiger charge is -2.67. The van der Waals surface area contributed by atoms with Gasteiger partial charge in [-0.25, -0.2) is 0 Å². The van der Waals surface area contributed by atoms with Gasteiger partial charge in [-0.1, -0.05) is 58.4 Å². The van der Waals surface area contributed by atoms with Crippen molar-refractivity contribution >= 4 is 0 Å². The maximum absolute atomic E-state index is 11.8. The van der Waals surface area contributed by atoms with Crippen LogP contribution in [-0.4, -0.2) is 46.8 Å². The number of hydrogen-bond donors (Lipinski definition) is 3. The third kappa shape index (κ3) is 3.92. The Morgan fingerprint density at radius 2 is 1.74 bits per heavy atom. The normalized spacial score (nSPS) is 48.8. The molecule has 0 aromatic heterocycles. The van der Waals surface area contributed by atoms with Gasteiger partial charge in [0.25, 0.3) is 0 Å². The van der Waals surface area contributed by atoms with Crippen molar-refractivity contribution in [2.75, 3.05) is 13.7 Å². The average molecular weight is 489 g/mol. The van der Waals surface area contributed by atoms with Crippen LogP contribution in [-0.2, 0) is 4.74 Å². The van der Waals surface area contributed by atoms with Crippen LogP contribution in [0.1, 0.15) is 93.4 Å². The van der Waals surface area contributed by atoms with Gasteiger partial charge < -0.3 is 20.1 Å². The number of aliphatic hydroxyl groups is 3. The molecule has 4 rings (SSSR count). The second-order valence-corrected chi connectivity index (χ2v) is 14.2. The van der Waals surface area contributed by atoms with Gasteiger partial charge in [-0.3, -0.25) is 0 Å². The molecule has 4 aliphatic carbocycles. The van der Waals surface area contributed by atoms with Crippen LogP contribution >= 0.6 is 0 Å². The predicted molar refractivity (Wildman–Crippen MR) is 142 cm³/mol. The Balaban J connectivity index is 1.65. The summed E-state index contributed by atoms with van der Waals surface area (Å²) in [6.45, 7) is 16.0. The largest absolute Gasteiger partial charge is 0.395 e. The van der Waals surface area contributed by atoms with Crippen molar-refractivity contribution in [3.8, 4) is 0 Å². The van der Waals surface area contributed by atoms with Gasteiger partial charge in [-0.05, 0) is 92.8 Å². The fraction of sp³-hybridized carbons (Fsp3) is 0.871. The van der Waals surface area contributed by atoms with E-state index in [1.807, 2.05) is 6.92 Å². The molecule has 10 atom stereocenters. The fourth-order valence-electron chi connectivity index (χ4n) is 9.60. The van der Waals surface area contributed by atoms with E-state index in [1.54, 1.807) is 7.11 Å². The molecule has 0 radical (unpaired) electrons. The molecule has 0 aromatic rings. The first-order chi connectivity index (χ1) is 16.2. The first kappa shape index (κ1) is 27.4. The second kappa shape index (κ2) is 8.96. The van der Waals surface area contributed by atoms with Crippen molar-refractivity contribution in [3.05, 3.63) is 23.8 Å². The molecular weight excluding hydrogens is 436 g/mol. The zero-order valence-electron chi connectivity index (χ0n) is 23.6. The summed E-state index contributed by atoms with van der Waals surface area (Å²) < 4.78 is 5.57. The number of allylic oxidation sites excluding steroid dienone is 1. The van der Waals surface area contributed by atoms with Crippen LogP contribution in [0, 0.1) is 45.3 Å². The fourth-order valence-corrected chi connectivity index (χ4v) is 9.60. The second-order valence-electron chi connectivity index (χ2n) is 14.2.